The zero-order chi connectivity index (χ0) is 14.8. The Hall–Kier alpha value is -1.66. The summed E-state index contributed by atoms with van der Waals surface area (Å²) in [5.41, 5.74) is 0.285. The Balaban J connectivity index is 2.20. The molecule has 104 valence electrons. The lowest BCUT2D eigenvalue weighted by atomic mass is 10.2. The molecule has 0 amide bonds. The van der Waals surface area contributed by atoms with Crippen LogP contribution in [-0.2, 0) is 9.84 Å². The van der Waals surface area contributed by atoms with E-state index in [2.05, 4.69) is 15.9 Å². The van der Waals surface area contributed by atoms with Gasteiger partial charge in [0.05, 0.1) is 14.9 Å². The minimum atomic E-state index is -3.27. The summed E-state index contributed by atoms with van der Waals surface area (Å²) in [6.07, 6.45) is 1.11. The molecule has 2 aromatic carbocycles. The van der Waals surface area contributed by atoms with Gasteiger partial charge in [0.25, 0.3) is 0 Å². The first-order chi connectivity index (χ1) is 9.38. The lowest BCUT2D eigenvalue weighted by Gasteiger charge is -2.06. The molecule has 0 radical (unpaired) electrons. The molecular weight excluding hydrogens is 344 g/mol. The second-order valence-corrected chi connectivity index (χ2v) is 6.99. The van der Waals surface area contributed by atoms with E-state index in [1.54, 1.807) is 18.2 Å². The summed E-state index contributed by atoms with van der Waals surface area (Å²) in [5.74, 6) is -0.137. The summed E-state index contributed by atoms with van der Waals surface area (Å²) in [5, 5.41) is 0. The number of carbonyl (C=O) groups excluding carboxylic acids is 1. The fraction of sp³-hybridized carbons (Fsp3) is 0.0714. The van der Waals surface area contributed by atoms with Crippen LogP contribution in [-0.4, -0.2) is 20.6 Å². The highest BCUT2D eigenvalue weighted by Gasteiger charge is 2.12. The van der Waals surface area contributed by atoms with Crippen molar-refractivity contribution in [1.82, 2.24) is 0 Å². The first-order valence-corrected chi connectivity index (χ1v) is 8.33. The van der Waals surface area contributed by atoms with Gasteiger partial charge in [0, 0.05) is 6.26 Å². The Labute approximate surface area is 125 Å². The first kappa shape index (κ1) is 14.7. The molecule has 0 aliphatic rings. The number of hydrogen-bond acceptors (Lipinski definition) is 4. The lowest BCUT2D eigenvalue weighted by molar-refractivity contribution is 0.0733. The van der Waals surface area contributed by atoms with Gasteiger partial charge in [0.15, 0.2) is 9.84 Å². The molecule has 6 heteroatoms. The normalized spacial score (nSPS) is 11.1. The third-order valence-electron chi connectivity index (χ3n) is 2.56. The van der Waals surface area contributed by atoms with Crippen molar-refractivity contribution >= 4 is 31.7 Å². The SMILES string of the molecule is CS(=O)(=O)c1ccc(C(=O)Oc2ccccc2Br)cc1. The molecule has 0 saturated heterocycles. The first-order valence-electron chi connectivity index (χ1n) is 5.65. The Morgan fingerprint density at radius 1 is 1.05 bits per heavy atom. The van der Waals surface area contributed by atoms with Crippen LogP contribution < -0.4 is 4.74 Å². The van der Waals surface area contributed by atoms with Gasteiger partial charge < -0.3 is 4.74 Å². The number of carbonyl (C=O) groups is 1. The largest absolute Gasteiger partial charge is 0.422 e. The van der Waals surface area contributed by atoms with Gasteiger partial charge in [-0.2, -0.15) is 0 Å². The number of benzene rings is 2. The van der Waals surface area contributed by atoms with E-state index in [9.17, 15) is 13.2 Å². The van der Waals surface area contributed by atoms with Crippen molar-refractivity contribution in [2.75, 3.05) is 6.26 Å². The summed E-state index contributed by atoms with van der Waals surface area (Å²) in [6.45, 7) is 0. The molecule has 20 heavy (non-hydrogen) atoms. The third-order valence-corrected chi connectivity index (χ3v) is 4.34. The van der Waals surface area contributed by atoms with Crippen molar-refractivity contribution in [1.29, 1.82) is 0 Å². The molecule has 0 bridgehead atoms. The number of rotatable bonds is 3. The molecule has 0 saturated carbocycles. The molecule has 0 N–H and O–H groups in total. The molecule has 0 atom stereocenters. The van der Waals surface area contributed by atoms with Crippen LogP contribution in [0.4, 0.5) is 0 Å². The van der Waals surface area contributed by atoms with E-state index >= 15 is 0 Å². The van der Waals surface area contributed by atoms with E-state index in [-0.39, 0.29) is 10.5 Å². The molecule has 0 fully saturated rings. The summed E-state index contributed by atoms with van der Waals surface area (Å²) in [6, 6.07) is 12.6. The van der Waals surface area contributed by atoms with Crippen LogP contribution in [0.1, 0.15) is 10.4 Å². The van der Waals surface area contributed by atoms with Crippen molar-refractivity contribution in [3.63, 3.8) is 0 Å². The zero-order valence-corrected chi connectivity index (χ0v) is 12.9. The van der Waals surface area contributed by atoms with E-state index in [0.29, 0.717) is 10.2 Å². The minimum Gasteiger partial charge on any atom is -0.422 e. The van der Waals surface area contributed by atoms with Gasteiger partial charge in [-0.1, -0.05) is 12.1 Å². The van der Waals surface area contributed by atoms with Gasteiger partial charge in [-0.3, -0.25) is 0 Å². The van der Waals surface area contributed by atoms with Gasteiger partial charge in [0.1, 0.15) is 5.75 Å². The third kappa shape index (κ3) is 3.46. The van der Waals surface area contributed by atoms with Gasteiger partial charge in [0.2, 0.25) is 0 Å². The van der Waals surface area contributed by atoms with Crippen LogP contribution >= 0.6 is 15.9 Å². The zero-order valence-electron chi connectivity index (χ0n) is 10.5. The Morgan fingerprint density at radius 2 is 1.65 bits per heavy atom. The molecule has 2 rings (SSSR count). The van der Waals surface area contributed by atoms with E-state index in [1.807, 2.05) is 6.07 Å². The maximum atomic E-state index is 11.9. The molecule has 4 nitrogen and oxygen atoms in total. The van der Waals surface area contributed by atoms with E-state index in [4.69, 9.17) is 4.74 Å². The molecule has 0 aromatic heterocycles. The van der Waals surface area contributed by atoms with E-state index < -0.39 is 15.8 Å². The quantitative estimate of drug-likeness (QED) is 0.627. The average Bonchev–Trinajstić information content (AvgIpc) is 2.40. The fourth-order valence-corrected chi connectivity index (χ4v) is 2.52. The smallest absolute Gasteiger partial charge is 0.343 e. The van der Waals surface area contributed by atoms with Crippen molar-refractivity contribution < 1.29 is 17.9 Å². The molecule has 0 heterocycles. The molecule has 2 aromatic rings. The van der Waals surface area contributed by atoms with Crippen LogP contribution in [0, 0.1) is 0 Å². The second kappa shape index (κ2) is 5.76. The molecular formula is C14H11BrO4S. The van der Waals surface area contributed by atoms with Crippen LogP contribution in [0.25, 0.3) is 0 Å². The van der Waals surface area contributed by atoms with Crippen molar-refractivity contribution in [3.05, 3.63) is 58.6 Å². The summed E-state index contributed by atoms with van der Waals surface area (Å²) >= 11 is 3.28. The summed E-state index contributed by atoms with van der Waals surface area (Å²) in [4.78, 5) is 12.1. The maximum absolute atomic E-state index is 11.9. The fourth-order valence-electron chi connectivity index (χ4n) is 1.52. The number of halogens is 1. The summed E-state index contributed by atoms with van der Waals surface area (Å²) < 4.78 is 28.5. The Morgan fingerprint density at radius 3 is 2.20 bits per heavy atom. The predicted molar refractivity (Wildman–Crippen MR) is 78.7 cm³/mol. The number of esters is 1. The lowest BCUT2D eigenvalue weighted by Crippen LogP contribution is -2.09. The number of hydrogen-bond donors (Lipinski definition) is 0. The molecule has 0 spiro atoms. The van der Waals surface area contributed by atoms with Crippen molar-refractivity contribution in [2.45, 2.75) is 4.90 Å². The van der Waals surface area contributed by atoms with Crippen LogP contribution in [0.15, 0.2) is 57.9 Å². The topological polar surface area (TPSA) is 60.4 Å². The van der Waals surface area contributed by atoms with Crippen LogP contribution in [0.5, 0.6) is 5.75 Å². The number of ether oxygens (including phenoxy) is 1. The van der Waals surface area contributed by atoms with Gasteiger partial charge in [-0.05, 0) is 52.3 Å². The Bertz CT molecular complexity index is 736. The van der Waals surface area contributed by atoms with Gasteiger partial charge >= 0.3 is 5.97 Å². The highest BCUT2D eigenvalue weighted by atomic mass is 79.9. The van der Waals surface area contributed by atoms with Gasteiger partial charge in [-0.15, -0.1) is 0 Å². The highest BCUT2D eigenvalue weighted by molar-refractivity contribution is 9.10. The monoisotopic (exact) mass is 354 g/mol. The second-order valence-electron chi connectivity index (χ2n) is 4.12. The molecule has 0 aliphatic carbocycles. The minimum absolute atomic E-state index is 0.162. The van der Waals surface area contributed by atoms with Crippen molar-refractivity contribution in [3.8, 4) is 5.75 Å². The Kier molecular flexibility index (Phi) is 4.25. The van der Waals surface area contributed by atoms with Crippen LogP contribution in [0.2, 0.25) is 0 Å². The molecule has 0 aliphatic heterocycles. The van der Waals surface area contributed by atoms with E-state index in [1.165, 1.54) is 24.3 Å². The van der Waals surface area contributed by atoms with Gasteiger partial charge in [-0.25, -0.2) is 13.2 Å². The summed E-state index contributed by atoms with van der Waals surface area (Å²) in [7, 11) is -3.27. The number of para-hydroxylation sites is 1. The predicted octanol–water partition coefficient (Wildman–Crippen LogP) is 3.07. The molecule has 0 unspecified atom stereocenters. The average molecular weight is 355 g/mol. The van der Waals surface area contributed by atoms with Crippen LogP contribution in [0.3, 0.4) is 0 Å². The van der Waals surface area contributed by atoms with E-state index in [0.717, 1.165) is 6.26 Å². The number of sulfone groups is 1. The standard InChI is InChI=1S/C14H11BrO4S/c1-20(17,18)11-8-6-10(7-9-11)14(16)19-13-5-3-2-4-12(13)15/h2-9H,1H3. The highest BCUT2D eigenvalue weighted by Crippen LogP contribution is 2.24. The maximum Gasteiger partial charge on any atom is 0.343 e. The van der Waals surface area contributed by atoms with Crippen molar-refractivity contribution in [2.24, 2.45) is 0 Å².